The molecule has 0 spiro atoms. The van der Waals surface area contributed by atoms with E-state index in [1.54, 1.807) is 31.3 Å². The maximum Gasteiger partial charge on any atom is 0.243 e. The topological polar surface area (TPSA) is 69.7 Å². The van der Waals surface area contributed by atoms with Crippen LogP contribution >= 0.6 is 0 Å². The molecule has 1 saturated carbocycles. The smallest absolute Gasteiger partial charge is 0.243 e. The van der Waals surface area contributed by atoms with Crippen LogP contribution in [-0.4, -0.2) is 56.8 Å². The molecule has 0 radical (unpaired) electrons. The van der Waals surface area contributed by atoms with Crippen LogP contribution in [0.15, 0.2) is 29.2 Å². The SMILES string of the molecule is CCCN(C)CC#CC1CCC(N(C)S(=O)(=O)c2ccc(NC(C)=O)cc2)CC1. The van der Waals surface area contributed by atoms with Crippen LogP contribution in [0, 0.1) is 17.8 Å². The number of amides is 1. The Morgan fingerprint density at radius 3 is 2.31 bits per heavy atom. The molecule has 1 aromatic carbocycles. The zero-order valence-electron chi connectivity index (χ0n) is 17.9. The van der Waals surface area contributed by atoms with E-state index in [2.05, 4.69) is 36.0 Å². The lowest BCUT2D eigenvalue weighted by Gasteiger charge is -2.32. The minimum atomic E-state index is -3.56. The molecule has 1 amide bonds. The number of nitrogens with one attached hydrogen (secondary N) is 1. The van der Waals surface area contributed by atoms with Crippen LogP contribution in [-0.2, 0) is 14.8 Å². The van der Waals surface area contributed by atoms with Gasteiger partial charge in [-0.15, -0.1) is 0 Å². The highest BCUT2D eigenvalue weighted by molar-refractivity contribution is 7.89. The van der Waals surface area contributed by atoms with E-state index in [1.807, 2.05) is 0 Å². The molecule has 0 aromatic heterocycles. The van der Waals surface area contributed by atoms with E-state index < -0.39 is 10.0 Å². The Morgan fingerprint density at radius 2 is 1.76 bits per heavy atom. The molecule has 1 aliphatic carbocycles. The van der Waals surface area contributed by atoms with Crippen molar-refractivity contribution < 1.29 is 13.2 Å². The first-order valence-corrected chi connectivity index (χ1v) is 11.7. The maximum absolute atomic E-state index is 13.0. The molecule has 1 aromatic rings. The zero-order chi connectivity index (χ0) is 21.4. The van der Waals surface area contributed by atoms with E-state index >= 15 is 0 Å². The van der Waals surface area contributed by atoms with Crippen LogP contribution in [0.25, 0.3) is 0 Å². The van der Waals surface area contributed by atoms with Crippen LogP contribution in [0.3, 0.4) is 0 Å². The Bertz CT molecular complexity index is 832. The molecule has 0 atom stereocenters. The molecule has 0 saturated heterocycles. The summed E-state index contributed by atoms with van der Waals surface area (Å²) in [5, 5.41) is 2.65. The van der Waals surface area contributed by atoms with E-state index in [9.17, 15) is 13.2 Å². The standard InChI is InChI=1S/C22H33N3O3S/c1-5-16-24(3)17-6-7-19-8-12-21(13-9-19)25(4)29(27,28)22-14-10-20(11-15-22)23-18(2)26/h10-11,14-15,19,21H,5,8-9,12-13,16-17H2,1-4H3,(H,23,26). The first-order valence-electron chi connectivity index (χ1n) is 10.3. The summed E-state index contributed by atoms with van der Waals surface area (Å²) in [6.45, 7) is 5.42. The number of hydrogen-bond donors (Lipinski definition) is 1. The van der Waals surface area contributed by atoms with E-state index in [0.717, 1.165) is 45.2 Å². The second kappa shape index (κ2) is 10.8. The molecule has 160 valence electrons. The molecule has 0 unspecified atom stereocenters. The van der Waals surface area contributed by atoms with Crippen LogP contribution in [0.4, 0.5) is 5.69 Å². The van der Waals surface area contributed by atoms with Crippen molar-refractivity contribution in [1.29, 1.82) is 0 Å². The Labute approximate surface area is 175 Å². The summed E-state index contributed by atoms with van der Waals surface area (Å²) in [6, 6.07) is 6.31. The van der Waals surface area contributed by atoms with Crippen molar-refractivity contribution in [3.8, 4) is 11.8 Å². The van der Waals surface area contributed by atoms with Gasteiger partial charge < -0.3 is 5.32 Å². The summed E-state index contributed by atoms with van der Waals surface area (Å²) in [5.74, 6) is 6.81. The molecule has 7 heteroatoms. The van der Waals surface area contributed by atoms with Crippen molar-refractivity contribution in [2.24, 2.45) is 5.92 Å². The van der Waals surface area contributed by atoms with Gasteiger partial charge >= 0.3 is 0 Å². The number of sulfonamides is 1. The molecular formula is C22H33N3O3S. The fourth-order valence-corrected chi connectivity index (χ4v) is 5.06. The summed E-state index contributed by atoms with van der Waals surface area (Å²) < 4.78 is 27.4. The van der Waals surface area contributed by atoms with Crippen molar-refractivity contribution in [2.75, 3.05) is 32.5 Å². The number of carbonyl (C=O) groups is 1. The number of hydrogen-bond acceptors (Lipinski definition) is 4. The minimum absolute atomic E-state index is 0.00386. The van der Waals surface area contributed by atoms with Crippen molar-refractivity contribution in [2.45, 2.75) is 56.9 Å². The second-order valence-corrected chi connectivity index (χ2v) is 9.79. The lowest BCUT2D eigenvalue weighted by Crippen LogP contribution is -2.39. The molecule has 1 N–H and O–H groups in total. The Hall–Kier alpha value is -1.88. The quantitative estimate of drug-likeness (QED) is 0.689. The highest BCUT2D eigenvalue weighted by Gasteiger charge is 2.31. The lowest BCUT2D eigenvalue weighted by molar-refractivity contribution is -0.114. The highest BCUT2D eigenvalue weighted by Crippen LogP contribution is 2.30. The van der Waals surface area contributed by atoms with Crippen molar-refractivity contribution in [3.05, 3.63) is 24.3 Å². The van der Waals surface area contributed by atoms with Gasteiger partial charge in [-0.05, 0) is 70.0 Å². The monoisotopic (exact) mass is 419 g/mol. The Balaban J connectivity index is 1.93. The molecule has 0 heterocycles. The third-order valence-corrected chi connectivity index (χ3v) is 7.25. The maximum atomic E-state index is 13.0. The number of rotatable bonds is 7. The van der Waals surface area contributed by atoms with Crippen LogP contribution in [0.1, 0.15) is 46.0 Å². The predicted molar refractivity (Wildman–Crippen MR) is 117 cm³/mol. The summed E-state index contributed by atoms with van der Waals surface area (Å²) in [6.07, 6.45) is 4.63. The van der Waals surface area contributed by atoms with E-state index in [1.165, 1.54) is 11.2 Å². The summed E-state index contributed by atoms with van der Waals surface area (Å²) in [7, 11) is 0.183. The molecule has 29 heavy (non-hydrogen) atoms. The van der Waals surface area contributed by atoms with Gasteiger partial charge in [0.05, 0.1) is 11.4 Å². The third kappa shape index (κ3) is 6.84. The largest absolute Gasteiger partial charge is 0.326 e. The second-order valence-electron chi connectivity index (χ2n) is 7.79. The number of nitrogens with zero attached hydrogens (tertiary/aromatic N) is 2. The van der Waals surface area contributed by atoms with E-state index in [0.29, 0.717) is 11.6 Å². The minimum Gasteiger partial charge on any atom is -0.326 e. The van der Waals surface area contributed by atoms with Gasteiger partial charge in [0.2, 0.25) is 15.9 Å². The molecule has 1 fully saturated rings. The van der Waals surface area contributed by atoms with E-state index in [-0.39, 0.29) is 16.8 Å². The Morgan fingerprint density at radius 1 is 1.14 bits per heavy atom. The first kappa shape index (κ1) is 23.4. The van der Waals surface area contributed by atoms with Gasteiger partial charge in [0.1, 0.15) is 0 Å². The molecular weight excluding hydrogens is 386 g/mol. The Kier molecular flexibility index (Phi) is 8.69. The number of carbonyl (C=O) groups excluding carboxylic acids is 1. The molecule has 6 nitrogen and oxygen atoms in total. The van der Waals surface area contributed by atoms with Crippen molar-refractivity contribution in [1.82, 2.24) is 9.21 Å². The molecule has 0 aliphatic heterocycles. The van der Waals surface area contributed by atoms with Gasteiger partial charge in [0.15, 0.2) is 0 Å². The molecule has 1 aliphatic rings. The number of anilines is 1. The van der Waals surface area contributed by atoms with Crippen LogP contribution in [0.5, 0.6) is 0 Å². The van der Waals surface area contributed by atoms with Gasteiger partial charge in [0, 0.05) is 31.6 Å². The van der Waals surface area contributed by atoms with Gasteiger partial charge in [-0.2, -0.15) is 4.31 Å². The molecule has 2 rings (SSSR count). The fraction of sp³-hybridized carbons (Fsp3) is 0.591. The van der Waals surface area contributed by atoms with Gasteiger partial charge in [-0.1, -0.05) is 18.8 Å². The summed E-state index contributed by atoms with van der Waals surface area (Å²) >= 11 is 0. The van der Waals surface area contributed by atoms with Crippen LogP contribution in [0.2, 0.25) is 0 Å². The summed E-state index contributed by atoms with van der Waals surface area (Å²) in [5.41, 5.74) is 0.586. The predicted octanol–water partition coefficient (Wildman–Crippen LogP) is 3.17. The van der Waals surface area contributed by atoms with Gasteiger partial charge in [-0.25, -0.2) is 8.42 Å². The first-order chi connectivity index (χ1) is 13.7. The summed E-state index contributed by atoms with van der Waals surface area (Å²) in [4.78, 5) is 13.6. The highest BCUT2D eigenvalue weighted by atomic mass is 32.2. The average Bonchev–Trinajstić information content (AvgIpc) is 2.68. The zero-order valence-corrected chi connectivity index (χ0v) is 18.8. The fourth-order valence-electron chi connectivity index (χ4n) is 3.65. The lowest BCUT2D eigenvalue weighted by atomic mass is 9.86. The molecule has 0 bridgehead atoms. The van der Waals surface area contributed by atoms with Gasteiger partial charge in [-0.3, -0.25) is 9.69 Å². The van der Waals surface area contributed by atoms with Crippen LogP contribution < -0.4 is 5.32 Å². The van der Waals surface area contributed by atoms with E-state index in [4.69, 9.17) is 0 Å². The van der Waals surface area contributed by atoms with Gasteiger partial charge in [0.25, 0.3) is 0 Å². The number of benzene rings is 1. The van der Waals surface area contributed by atoms with Crippen molar-refractivity contribution >= 4 is 21.6 Å². The van der Waals surface area contributed by atoms with Crippen molar-refractivity contribution in [3.63, 3.8) is 0 Å². The normalized spacial score (nSPS) is 19.7. The third-order valence-electron chi connectivity index (χ3n) is 5.32. The average molecular weight is 420 g/mol.